The van der Waals surface area contributed by atoms with Gasteiger partial charge in [-0.2, -0.15) is 11.8 Å². The van der Waals surface area contributed by atoms with Gasteiger partial charge in [-0.05, 0) is 30.6 Å². The number of anilines is 1. The first-order chi connectivity index (χ1) is 9.49. The van der Waals surface area contributed by atoms with Crippen molar-refractivity contribution < 1.29 is 19.4 Å². The monoisotopic (exact) mass is 298 g/mol. The number of carboxylic acids is 1. The van der Waals surface area contributed by atoms with Gasteiger partial charge in [0, 0.05) is 11.8 Å². The third-order valence-electron chi connectivity index (χ3n) is 2.72. The number of methoxy groups -OCH3 is 1. The van der Waals surface area contributed by atoms with E-state index in [-0.39, 0.29) is 11.3 Å². The molecule has 0 aromatic heterocycles. The normalized spacial score (nSPS) is 11.7. The standard InChI is InChI=1S/C13H18N2O4S/c1-19-8-3-4-9(10(14)7-8)12(16)15-11(13(17)18)5-6-20-2/h3-4,7,11H,5-6,14H2,1-2H3,(H,15,16)(H,17,18)/t11-/m1/s1. The summed E-state index contributed by atoms with van der Waals surface area (Å²) in [6, 6.07) is 3.71. The molecular weight excluding hydrogens is 280 g/mol. The summed E-state index contributed by atoms with van der Waals surface area (Å²) < 4.78 is 4.99. The van der Waals surface area contributed by atoms with E-state index >= 15 is 0 Å². The summed E-state index contributed by atoms with van der Waals surface area (Å²) in [4.78, 5) is 23.1. The number of carboxylic acid groups (broad SMARTS) is 1. The SMILES string of the molecule is COc1ccc(C(=O)N[C@H](CCSC)C(=O)O)c(N)c1. The summed E-state index contributed by atoms with van der Waals surface area (Å²) in [5, 5.41) is 11.5. The van der Waals surface area contributed by atoms with Crippen molar-refractivity contribution >= 4 is 29.3 Å². The van der Waals surface area contributed by atoms with Crippen LogP contribution in [0, 0.1) is 0 Å². The lowest BCUT2D eigenvalue weighted by Gasteiger charge is -2.15. The van der Waals surface area contributed by atoms with E-state index in [4.69, 9.17) is 15.6 Å². The number of thioether (sulfide) groups is 1. The zero-order valence-corrected chi connectivity index (χ0v) is 12.2. The van der Waals surface area contributed by atoms with E-state index < -0.39 is 17.9 Å². The molecule has 0 unspecified atom stereocenters. The van der Waals surface area contributed by atoms with Crippen LogP contribution in [0.2, 0.25) is 0 Å². The minimum absolute atomic E-state index is 0.237. The Labute approximate surface area is 121 Å². The molecule has 1 atom stereocenters. The molecule has 1 aromatic carbocycles. The van der Waals surface area contributed by atoms with Gasteiger partial charge in [0.2, 0.25) is 0 Å². The fraction of sp³-hybridized carbons (Fsp3) is 0.385. The van der Waals surface area contributed by atoms with E-state index in [0.29, 0.717) is 17.9 Å². The van der Waals surface area contributed by atoms with E-state index in [9.17, 15) is 9.59 Å². The molecule has 1 rings (SSSR count). The Morgan fingerprint density at radius 1 is 1.50 bits per heavy atom. The number of aliphatic carboxylic acids is 1. The van der Waals surface area contributed by atoms with Crippen molar-refractivity contribution in [2.24, 2.45) is 0 Å². The molecule has 0 radical (unpaired) electrons. The Morgan fingerprint density at radius 2 is 2.20 bits per heavy atom. The van der Waals surface area contributed by atoms with Gasteiger partial charge >= 0.3 is 5.97 Å². The van der Waals surface area contributed by atoms with E-state index in [2.05, 4.69) is 5.32 Å². The zero-order valence-electron chi connectivity index (χ0n) is 11.4. The number of hydrogen-bond donors (Lipinski definition) is 3. The Morgan fingerprint density at radius 3 is 2.70 bits per heavy atom. The van der Waals surface area contributed by atoms with Crippen LogP contribution >= 0.6 is 11.8 Å². The van der Waals surface area contributed by atoms with Gasteiger partial charge in [0.05, 0.1) is 12.7 Å². The van der Waals surface area contributed by atoms with Crippen molar-refractivity contribution in [1.82, 2.24) is 5.32 Å². The molecule has 6 nitrogen and oxygen atoms in total. The molecule has 1 aromatic rings. The Balaban J connectivity index is 2.80. The number of amides is 1. The highest BCUT2D eigenvalue weighted by Crippen LogP contribution is 2.19. The number of rotatable bonds is 7. The molecule has 4 N–H and O–H groups in total. The summed E-state index contributed by atoms with van der Waals surface area (Å²) in [5.41, 5.74) is 6.24. The third-order valence-corrected chi connectivity index (χ3v) is 3.36. The molecule has 20 heavy (non-hydrogen) atoms. The minimum Gasteiger partial charge on any atom is -0.497 e. The maximum atomic E-state index is 12.0. The van der Waals surface area contributed by atoms with Crippen molar-refractivity contribution in [3.05, 3.63) is 23.8 Å². The number of nitrogens with two attached hydrogens (primary N) is 1. The molecular formula is C13H18N2O4S. The molecule has 0 aliphatic rings. The van der Waals surface area contributed by atoms with E-state index in [1.807, 2.05) is 6.26 Å². The number of nitrogen functional groups attached to an aromatic ring is 1. The maximum Gasteiger partial charge on any atom is 0.326 e. The second-order valence-corrected chi connectivity index (χ2v) is 5.08. The molecule has 0 fully saturated rings. The molecule has 0 aliphatic heterocycles. The van der Waals surface area contributed by atoms with E-state index in [0.717, 1.165) is 0 Å². The fourth-order valence-electron chi connectivity index (χ4n) is 1.60. The van der Waals surface area contributed by atoms with Gasteiger partial charge in [-0.1, -0.05) is 0 Å². The van der Waals surface area contributed by atoms with Crippen LogP contribution in [-0.4, -0.2) is 42.1 Å². The summed E-state index contributed by atoms with van der Waals surface area (Å²) in [6.45, 7) is 0. The van der Waals surface area contributed by atoms with Gasteiger partial charge in [-0.15, -0.1) is 0 Å². The Bertz CT molecular complexity index is 493. The quantitative estimate of drug-likeness (QED) is 0.654. The van der Waals surface area contributed by atoms with Gasteiger partial charge in [-0.3, -0.25) is 4.79 Å². The van der Waals surface area contributed by atoms with Gasteiger partial charge in [-0.25, -0.2) is 4.79 Å². The lowest BCUT2D eigenvalue weighted by molar-refractivity contribution is -0.139. The van der Waals surface area contributed by atoms with Crippen LogP contribution in [0.3, 0.4) is 0 Å². The number of carbonyl (C=O) groups excluding carboxylic acids is 1. The van der Waals surface area contributed by atoms with Crippen LogP contribution in [-0.2, 0) is 4.79 Å². The minimum atomic E-state index is -1.06. The first-order valence-electron chi connectivity index (χ1n) is 5.95. The average Bonchev–Trinajstić information content (AvgIpc) is 2.42. The third kappa shape index (κ3) is 4.34. The Hall–Kier alpha value is -1.89. The van der Waals surface area contributed by atoms with Crippen LogP contribution < -0.4 is 15.8 Å². The molecule has 0 aliphatic carbocycles. The summed E-state index contributed by atoms with van der Waals surface area (Å²) in [7, 11) is 1.50. The average molecular weight is 298 g/mol. The molecule has 0 spiro atoms. The first-order valence-corrected chi connectivity index (χ1v) is 7.35. The molecule has 110 valence electrons. The zero-order chi connectivity index (χ0) is 15.1. The number of carbonyl (C=O) groups is 2. The largest absolute Gasteiger partial charge is 0.497 e. The fourth-order valence-corrected chi connectivity index (χ4v) is 2.08. The molecule has 0 saturated carbocycles. The lowest BCUT2D eigenvalue weighted by Crippen LogP contribution is -2.41. The molecule has 0 bridgehead atoms. The highest BCUT2D eigenvalue weighted by molar-refractivity contribution is 7.98. The summed E-state index contributed by atoms with van der Waals surface area (Å²) in [5.74, 6) is -0.371. The molecule has 0 heterocycles. The number of nitrogens with one attached hydrogen (secondary N) is 1. The van der Waals surface area contributed by atoms with Gasteiger partial charge < -0.3 is 20.9 Å². The van der Waals surface area contributed by atoms with E-state index in [1.54, 1.807) is 6.07 Å². The number of benzene rings is 1. The highest BCUT2D eigenvalue weighted by Gasteiger charge is 2.21. The van der Waals surface area contributed by atoms with Crippen molar-refractivity contribution in [2.75, 3.05) is 24.9 Å². The van der Waals surface area contributed by atoms with Crippen LogP contribution in [0.15, 0.2) is 18.2 Å². The van der Waals surface area contributed by atoms with Crippen molar-refractivity contribution in [1.29, 1.82) is 0 Å². The lowest BCUT2D eigenvalue weighted by atomic mass is 10.1. The predicted molar refractivity (Wildman–Crippen MR) is 79.3 cm³/mol. The summed E-state index contributed by atoms with van der Waals surface area (Å²) in [6.07, 6.45) is 2.24. The predicted octanol–water partition coefficient (Wildman–Crippen LogP) is 1.21. The second-order valence-electron chi connectivity index (χ2n) is 4.10. The maximum absolute atomic E-state index is 12.0. The smallest absolute Gasteiger partial charge is 0.326 e. The number of hydrogen-bond acceptors (Lipinski definition) is 5. The number of ether oxygens (including phenoxy) is 1. The van der Waals surface area contributed by atoms with Crippen molar-refractivity contribution in [2.45, 2.75) is 12.5 Å². The van der Waals surface area contributed by atoms with Crippen LogP contribution in [0.1, 0.15) is 16.8 Å². The summed E-state index contributed by atoms with van der Waals surface area (Å²) >= 11 is 1.52. The molecule has 1 amide bonds. The van der Waals surface area contributed by atoms with Gasteiger partial charge in [0.15, 0.2) is 0 Å². The van der Waals surface area contributed by atoms with Crippen LogP contribution in [0.5, 0.6) is 5.75 Å². The topological polar surface area (TPSA) is 102 Å². The second kappa shape index (κ2) is 7.64. The molecule has 7 heteroatoms. The van der Waals surface area contributed by atoms with Gasteiger partial charge in [0.25, 0.3) is 5.91 Å². The Kier molecular flexibility index (Phi) is 6.17. The molecule has 0 saturated heterocycles. The van der Waals surface area contributed by atoms with Crippen molar-refractivity contribution in [3.8, 4) is 5.75 Å². The van der Waals surface area contributed by atoms with E-state index in [1.165, 1.54) is 31.0 Å². The van der Waals surface area contributed by atoms with Crippen LogP contribution in [0.25, 0.3) is 0 Å². The van der Waals surface area contributed by atoms with Crippen LogP contribution in [0.4, 0.5) is 5.69 Å². The van der Waals surface area contributed by atoms with Gasteiger partial charge in [0.1, 0.15) is 11.8 Å². The van der Waals surface area contributed by atoms with Crippen molar-refractivity contribution in [3.63, 3.8) is 0 Å². The first kappa shape index (κ1) is 16.2. The highest BCUT2D eigenvalue weighted by atomic mass is 32.2.